The number of nitrogens with zero attached hydrogens (tertiary/aromatic N) is 2. The summed E-state index contributed by atoms with van der Waals surface area (Å²) in [6.45, 7) is 7.46. The minimum atomic E-state index is 0.154. The lowest BCUT2D eigenvalue weighted by molar-refractivity contribution is 0.432. The summed E-state index contributed by atoms with van der Waals surface area (Å²) in [7, 11) is 0. The van der Waals surface area contributed by atoms with Gasteiger partial charge in [-0.1, -0.05) is 38.1 Å². The summed E-state index contributed by atoms with van der Waals surface area (Å²) in [5.41, 5.74) is 11.6. The lowest BCUT2D eigenvalue weighted by atomic mass is 9.75. The van der Waals surface area contributed by atoms with Crippen molar-refractivity contribution in [2.45, 2.75) is 52.0 Å². The second-order valence-electron chi connectivity index (χ2n) is 6.53. The number of fused-ring (bicyclic) bond motifs is 1. The predicted octanol–water partition coefficient (Wildman–Crippen LogP) is 3.44. The van der Waals surface area contributed by atoms with Crippen LogP contribution in [0.4, 0.5) is 5.82 Å². The largest absolute Gasteiger partial charge is 0.384 e. The first-order valence-electron chi connectivity index (χ1n) is 7.39. The van der Waals surface area contributed by atoms with E-state index in [1.165, 1.54) is 35.2 Å². The van der Waals surface area contributed by atoms with Crippen LogP contribution in [0.3, 0.4) is 0 Å². The number of anilines is 1. The maximum atomic E-state index is 6.40. The van der Waals surface area contributed by atoms with Gasteiger partial charge in [0, 0.05) is 5.56 Å². The van der Waals surface area contributed by atoms with Crippen LogP contribution < -0.4 is 5.73 Å². The third-order valence-electron chi connectivity index (χ3n) is 4.54. The van der Waals surface area contributed by atoms with Crippen LogP contribution in [0, 0.1) is 6.92 Å². The van der Waals surface area contributed by atoms with Crippen molar-refractivity contribution in [2.75, 3.05) is 5.73 Å². The van der Waals surface area contributed by atoms with Crippen molar-refractivity contribution in [1.29, 1.82) is 0 Å². The molecule has 3 rings (SSSR count). The van der Waals surface area contributed by atoms with E-state index < -0.39 is 0 Å². The third kappa shape index (κ3) is 2.11. The van der Waals surface area contributed by atoms with Crippen LogP contribution in [0.1, 0.15) is 49.1 Å². The van der Waals surface area contributed by atoms with Crippen molar-refractivity contribution >= 4 is 5.82 Å². The maximum Gasteiger partial charge on any atom is 0.126 e. The van der Waals surface area contributed by atoms with Gasteiger partial charge in [0.1, 0.15) is 5.82 Å². The number of nitrogen functional groups attached to an aromatic ring is 1. The van der Waals surface area contributed by atoms with Crippen LogP contribution in [0.15, 0.2) is 24.3 Å². The van der Waals surface area contributed by atoms with E-state index in [1.807, 2.05) is 4.68 Å². The molecule has 1 aliphatic rings. The van der Waals surface area contributed by atoms with E-state index in [1.54, 1.807) is 0 Å². The van der Waals surface area contributed by atoms with E-state index in [0.29, 0.717) is 0 Å². The molecule has 2 aromatic rings. The molecule has 3 nitrogen and oxygen atoms in total. The summed E-state index contributed by atoms with van der Waals surface area (Å²) in [5, 5.41) is 4.77. The average Bonchev–Trinajstić information content (AvgIpc) is 2.70. The summed E-state index contributed by atoms with van der Waals surface area (Å²) in [6, 6.07) is 8.44. The van der Waals surface area contributed by atoms with E-state index in [-0.39, 0.29) is 5.41 Å². The van der Waals surface area contributed by atoms with Crippen molar-refractivity contribution in [1.82, 2.24) is 9.78 Å². The van der Waals surface area contributed by atoms with Gasteiger partial charge in [-0.25, -0.2) is 4.68 Å². The molecule has 0 atom stereocenters. The molecule has 0 radical (unpaired) electrons. The monoisotopic (exact) mass is 269 g/mol. The number of nitrogens with two attached hydrogens (primary N) is 1. The van der Waals surface area contributed by atoms with Crippen molar-refractivity contribution < 1.29 is 0 Å². The fraction of sp³-hybridized carbons (Fsp3) is 0.471. The van der Waals surface area contributed by atoms with E-state index in [2.05, 4.69) is 45.0 Å². The smallest absolute Gasteiger partial charge is 0.126 e. The van der Waals surface area contributed by atoms with Gasteiger partial charge in [0.15, 0.2) is 0 Å². The molecule has 0 saturated carbocycles. The molecule has 0 bridgehead atoms. The average molecular weight is 269 g/mol. The zero-order chi connectivity index (χ0) is 14.3. The Labute approximate surface area is 120 Å². The molecule has 0 aliphatic heterocycles. The Bertz CT molecular complexity index is 638. The number of aromatic nitrogens is 2. The number of rotatable bonds is 2. The van der Waals surface area contributed by atoms with Crippen LogP contribution in [0.2, 0.25) is 0 Å². The lowest BCUT2D eigenvalue weighted by Crippen LogP contribution is -2.24. The first kappa shape index (κ1) is 13.2. The van der Waals surface area contributed by atoms with Crippen LogP contribution in [-0.2, 0) is 18.4 Å². The maximum absolute atomic E-state index is 6.40. The minimum absolute atomic E-state index is 0.154. The Balaban J connectivity index is 2.01. The molecule has 0 spiro atoms. The molecule has 1 aromatic carbocycles. The second-order valence-corrected chi connectivity index (χ2v) is 6.53. The summed E-state index contributed by atoms with van der Waals surface area (Å²) in [4.78, 5) is 0. The number of benzene rings is 1. The van der Waals surface area contributed by atoms with Gasteiger partial charge < -0.3 is 5.73 Å². The first-order chi connectivity index (χ1) is 9.49. The van der Waals surface area contributed by atoms with Gasteiger partial charge in [-0.3, -0.25) is 0 Å². The molecular formula is C17H23N3. The highest BCUT2D eigenvalue weighted by molar-refractivity contribution is 5.50. The van der Waals surface area contributed by atoms with Crippen molar-refractivity contribution in [3.05, 3.63) is 46.6 Å². The fourth-order valence-electron chi connectivity index (χ4n) is 3.33. The Morgan fingerprint density at radius 1 is 1.30 bits per heavy atom. The fourth-order valence-corrected chi connectivity index (χ4v) is 3.33. The third-order valence-corrected chi connectivity index (χ3v) is 4.54. The van der Waals surface area contributed by atoms with E-state index >= 15 is 0 Å². The van der Waals surface area contributed by atoms with E-state index in [0.717, 1.165) is 18.8 Å². The van der Waals surface area contributed by atoms with Crippen molar-refractivity contribution in [3.63, 3.8) is 0 Å². The van der Waals surface area contributed by atoms with Crippen LogP contribution in [-0.4, -0.2) is 9.78 Å². The molecule has 106 valence electrons. The van der Waals surface area contributed by atoms with Crippen LogP contribution >= 0.6 is 0 Å². The molecule has 3 heteroatoms. The first-order valence-corrected chi connectivity index (χ1v) is 7.39. The van der Waals surface area contributed by atoms with Gasteiger partial charge in [0.2, 0.25) is 0 Å². The standard InChI is InChI=1S/C17H23N3/c1-12-7-4-5-8-13(12)11-20-16(18)15-14(19-20)9-6-10-17(15,2)3/h4-5,7-8H,6,9-11,18H2,1-3H3. The molecule has 1 heterocycles. The van der Waals surface area contributed by atoms with Crippen LogP contribution in [0.25, 0.3) is 0 Å². The highest BCUT2D eigenvalue weighted by Gasteiger charge is 2.33. The molecule has 0 fully saturated rings. The molecule has 0 amide bonds. The van der Waals surface area contributed by atoms with Gasteiger partial charge in [-0.05, 0) is 42.7 Å². The number of aryl methyl sites for hydroxylation is 2. The molecule has 20 heavy (non-hydrogen) atoms. The Morgan fingerprint density at radius 2 is 2.05 bits per heavy atom. The van der Waals surface area contributed by atoms with Gasteiger partial charge in [0.25, 0.3) is 0 Å². The van der Waals surface area contributed by atoms with Gasteiger partial charge in [0.05, 0.1) is 12.2 Å². The normalized spacial score (nSPS) is 16.9. The molecule has 1 aliphatic carbocycles. The highest BCUT2D eigenvalue weighted by Crippen LogP contribution is 2.40. The lowest BCUT2D eigenvalue weighted by Gasteiger charge is -2.29. The molecular weight excluding hydrogens is 246 g/mol. The van der Waals surface area contributed by atoms with E-state index in [4.69, 9.17) is 10.8 Å². The topological polar surface area (TPSA) is 43.8 Å². The summed E-state index contributed by atoms with van der Waals surface area (Å²) < 4.78 is 1.99. The number of hydrogen-bond acceptors (Lipinski definition) is 2. The van der Waals surface area contributed by atoms with Crippen LogP contribution in [0.5, 0.6) is 0 Å². The predicted molar refractivity (Wildman–Crippen MR) is 82.9 cm³/mol. The Kier molecular flexibility index (Phi) is 3.08. The van der Waals surface area contributed by atoms with Crippen molar-refractivity contribution in [3.8, 4) is 0 Å². The SMILES string of the molecule is Cc1ccccc1Cn1nc2c(c1N)C(C)(C)CCC2. The minimum Gasteiger partial charge on any atom is -0.384 e. The van der Waals surface area contributed by atoms with Crippen molar-refractivity contribution in [2.24, 2.45) is 0 Å². The quantitative estimate of drug-likeness (QED) is 0.907. The zero-order valence-corrected chi connectivity index (χ0v) is 12.6. The molecule has 2 N–H and O–H groups in total. The Morgan fingerprint density at radius 3 is 2.75 bits per heavy atom. The van der Waals surface area contributed by atoms with Gasteiger partial charge in [-0.15, -0.1) is 0 Å². The summed E-state index contributed by atoms with van der Waals surface area (Å²) >= 11 is 0. The van der Waals surface area contributed by atoms with Gasteiger partial charge in [-0.2, -0.15) is 5.10 Å². The molecule has 0 unspecified atom stereocenters. The number of hydrogen-bond donors (Lipinski definition) is 1. The summed E-state index contributed by atoms with van der Waals surface area (Å²) in [6.07, 6.45) is 3.46. The molecule has 0 saturated heterocycles. The van der Waals surface area contributed by atoms with E-state index in [9.17, 15) is 0 Å². The highest BCUT2D eigenvalue weighted by atomic mass is 15.3. The zero-order valence-electron chi connectivity index (χ0n) is 12.6. The second kappa shape index (κ2) is 4.65. The summed E-state index contributed by atoms with van der Waals surface area (Å²) in [5.74, 6) is 0.855. The Hall–Kier alpha value is -1.77. The van der Waals surface area contributed by atoms with Gasteiger partial charge >= 0.3 is 0 Å². The molecule has 1 aromatic heterocycles.